The highest BCUT2D eigenvalue weighted by Gasteiger charge is 2.12. The van der Waals surface area contributed by atoms with Gasteiger partial charge in [-0.05, 0) is 54.3 Å². The summed E-state index contributed by atoms with van der Waals surface area (Å²) in [6.45, 7) is 4.48. The minimum absolute atomic E-state index is 0.243. The van der Waals surface area contributed by atoms with E-state index in [2.05, 4.69) is 11.9 Å². The van der Waals surface area contributed by atoms with Crippen molar-refractivity contribution in [3.63, 3.8) is 0 Å². The third kappa shape index (κ3) is 5.92. The molecule has 0 spiro atoms. The van der Waals surface area contributed by atoms with Crippen molar-refractivity contribution in [1.29, 1.82) is 0 Å². The molecule has 0 saturated heterocycles. The van der Waals surface area contributed by atoms with Gasteiger partial charge in [0.05, 0.1) is 14.2 Å². The van der Waals surface area contributed by atoms with Crippen LogP contribution in [0.4, 0.5) is 0 Å². The lowest BCUT2D eigenvalue weighted by atomic mass is 10.1. The molecule has 6 nitrogen and oxygen atoms in total. The Bertz CT molecular complexity index is 1020. The molecule has 6 heteroatoms. The summed E-state index contributed by atoms with van der Waals surface area (Å²) in [5, 5.41) is 2.87. The molecule has 162 valence electrons. The lowest BCUT2D eigenvalue weighted by Gasteiger charge is -2.10. The molecule has 0 aliphatic rings. The second kappa shape index (κ2) is 10.9. The highest BCUT2D eigenvalue weighted by atomic mass is 16.5. The van der Waals surface area contributed by atoms with E-state index in [1.54, 1.807) is 26.4 Å². The van der Waals surface area contributed by atoms with Crippen molar-refractivity contribution in [2.24, 2.45) is 0 Å². The van der Waals surface area contributed by atoms with Crippen LogP contribution >= 0.6 is 0 Å². The lowest BCUT2D eigenvalue weighted by Crippen LogP contribution is -2.25. The van der Waals surface area contributed by atoms with Crippen molar-refractivity contribution in [3.8, 4) is 17.2 Å². The summed E-state index contributed by atoms with van der Waals surface area (Å²) in [6.07, 6.45) is 3.21. The van der Waals surface area contributed by atoms with E-state index in [4.69, 9.17) is 18.6 Å². The van der Waals surface area contributed by atoms with Crippen LogP contribution in [-0.4, -0.2) is 26.7 Å². The number of allylic oxidation sites excluding steroid dienone is 1. The maximum absolute atomic E-state index is 12.4. The van der Waals surface area contributed by atoms with Gasteiger partial charge in [0.1, 0.15) is 18.1 Å². The smallest absolute Gasteiger partial charge is 0.287 e. The highest BCUT2D eigenvalue weighted by Crippen LogP contribution is 2.27. The van der Waals surface area contributed by atoms with Gasteiger partial charge in [-0.15, -0.1) is 6.58 Å². The van der Waals surface area contributed by atoms with Crippen LogP contribution in [0.25, 0.3) is 0 Å². The number of rotatable bonds is 11. The van der Waals surface area contributed by atoms with Crippen LogP contribution in [0, 0.1) is 0 Å². The van der Waals surface area contributed by atoms with E-state index in [0.29, 0.717) is 30.2 Å². The normalized spacial score (nSPS) is 10.4. The van der Waals surface area contributed by atoms with Gasteiger partial charge in [0.15, 0.2) is 17.3 Å². The van der Waals surface area contributed by atoms with Crippen LogP contribution in [0.3, 0.4) is 0 Å². The minimum Gasteiger partial charge on any atom is -0.493 e. The van der Waals surface area contributed by atoms with Gasteiger partial charge in [-0.1, -0.05) is 30.3 Å². The summed E-state index contributed by atoms with van der Waals surface area (Å²) in [4.78, 5) is 12.4. The summed E-state index contributed by atoms with van der Waals surface area (Å²) in [6, 6.07) is 16.9. The predicted octanol–water partition coefficient (Wildman–Crippen LogP) is 4.58. The Hall–Kier alpha value is -3.67. The highest BCUT2D eigenvalue weighted by molar-refractivity contribution is 5.91. The minimum atomic E-state index is -0.265. The van der Waals surface area contributed by atoms with Gasteiger partial charge in [-0.2, -0.15) is 0 Å². The van der Waals surface area contributed by atoms with Crippen LogP contribution in [0.2, 0.25) is 0 Å². The average molecular weight is 421 g/mol. The van der Waals surface area contributed by atoms with E-state index in [0.717, 1.165) is 23.3 Å². The van der Waals surface area contributed by atoms with Crippen molar-refractivity contribution < 1.29 is 23.4 Å². The monoisotopic (exact) mass is 421 g/mol. The van der Waals surface area contributed by atoms with Crippen molar-refractivity contribution in [2.75, 3.05) is 20.8 Å². The van der Waals surface area contributed by atoms with Crippen LogP contribution in [0.15, 0.2) is 71.7 Å². The number of ether oxygens (including phenoxy) is 3. The molecule has 0 fully saturated rings. The molecular weight excluding hydrogens is 394 g/mol. The molecular formula is C25H27NO5. The molecule has 1 N–H and O–H groups in total. The SMILES string of the molecule is C=CCc1ccccc1OCc1ccc(C(=O)NCCc2ccc(OC)c(OC)c2)o1. The molecule has 31 heavy (non-hydrogen) atoms. The van der Waals surface area contributed by atoms with Crippen LogP contribution < -0.4 is 19.5 Å². The van der Waals surface area contributed by atoms with E-state index in [9.17, 15) is 4.79 Å². The number of hydrogen-bond donors (Lipinski definition) is 1. The Labute approximate surface area is 182 Å². The zero-order valence-corrected chi connectivity index (χ0v) is 17.9. The van der Waals surface area contributed by atoms with Crippen molar-refractivity contribution in [3.05, 3.63) is 89.9 Å². The second-order valence-corrected chi connectivity index (χ2v) is 6.85. The number of nitrogens with one attached hydrogen (secondary N) is 1. The van der Waals surface area contributed by atoms with Gasteiger partial charge in [0.25, 0.3) is 5.91 Å². The first-order chi connectivity index (χ1) is 15.1. The van der Waals surface area contributed by atoms with E-state index in [-0.39, 0.29) is 18.3 Å². The van der Waals surface area contributed by atoms with Crippen LogP contribution in [0.1, 0.15) is 27.4 Å². The molecule has 3 aromatic rings. The summed E-state index contributed by atoms with van der Waals surface area (Å²) in [5.41, 5.74) is 2.09. The third-order valence-electron chi connectivity index (χ3n) is 4.74. The van der Waals surface area contributed by atoms with Crippen molar-refractivity contribution in [2.45, 2.75) is 19.4 Å². The molecule has 0 bridgehead atoms. The number of methoxy groups -OCH3 is 2. The van der Waals surface area contributed by atoms with E-state index < -0.39 is 0 Å². The number of carbonyl (C=O) groups excluding carboxylic acids is 1. The fraction of sp³-hybridized carbons (Fsp3) is 0.240. The van der Waals surface area contributed by atoms with Gasteiger partial charge in [0.2, 0.25) is 0 Å². The molecule has 3 rings (SSSR count). The molecule has 2 aromatic carbocycles. The first-order valence-corrected chi connectivity index (χ1v) is 10.0. The molecule has 0 aliphatic heterocycles. The summed E-state index contributed by atoms with van der Waals surface area (Å²) >= 11 is 0. The van der Waals surface area contributed by atoms with E-state index in [1.165, 1.54) is 0 Å². The zero-order valence-electron chi connectivity index (χ0n) is 17.9. The molecule has 0 aliphatic carbocycles. The summed E-state index contributed by atoms with van der Waals surface area (Å²) < 4.78 is 22.0. The van der Waals surface area contributed by atoms with Gasteiger partial charge >= 0.3 is 0 Å². The fourth-order valence-corrected chi connectivity index (χ4v) is 3.14. The quantitative estimate of drug-likeness (QED) is 0.459. The Balaban J connectivity index is 1.51. The molecule has 0 saturated carbocycles. The van der Waals surface area contributed by atoms with E-state index >= 15 is 0 Å². The maximum atomic E-state index is 12.4. The first-order valence-electron chi connectivity index (χ1n) is 10.0. The maximum Gasteiger partial charge on any atom is 0.287 e. The number of para-hydroxylation sites is 1. The van der Waals surface area contributed by atoms with Gasteiger partial charge < -0.3 is 23.9 Å². The topological polar surface area (TPSA) is 69.9 Å². The Kier molecular flexibility index (Phi) is 7.76. The molecule has 0 atom stereocenters. The summed E-state index contributed by atoms with van der Waals surface area (Å²) in [7, 11) is 3.19. The second-order valence-electron chi connectivity index (χ2n) is 6.85. The number of amides is 1. The third-order valence-corrected chi connectivity index (χ3v) is 4.74. The average Bonchev–Trinajstić information content (AvgIpc) is 3.27. The zero-order chi connectivity index (χ0) is 22.1. The summed E-state index contributed by atoms with van der Waals surface area (Å²) in [5.74, 6) is 2.69. The molecule has 0 unspecified atom stereocenters. The lowest BCUT2D eigenvalue weighted by molar-refractivity contribution is 0.0922. The van der Waals surface area contributed by atoms with Crippen molar-refractivity contribution in [1.82, 2.24) is 5.32 Å². The number of benzene rings is 2. The molecule has 0 radical (unpaired) electrons. The molecule has 1 aromatic heterocycles. The molecule has 1 amide bonds. The van der Waals surface area contributed by atoms with Gasteiger partial charge in [-0.3, -0.25) is 4.79 Å². The van der Waals surface area contributed by atoms with Gasteiger partial charge in [0, 0.05) is 6.54 Å². The van der Waals surface area contributed by atoms with Crippen LogP contribution in [0.5, 0.6) is 17.2 Å². The Morgan fingerprint density at radius 2 is 1.84 bits per heavy atom. The first kappa shape index (κ1) is 22.0. The Morgan fingerprint density at radius 3 is 2.61 bits per heavy atom. The predicted molar refractivity (Wildman–Crippen MR) is 119 cm³/mol. The van der Waals surface area contributed by atoms with Crippen molar-refractivity contribution >= 4 is 5.91 Å². The number of carbonyl (C=O) groups is 1. The number of hydrogen-bond acceptors (Lipinski definition) is 5. The number of furan rings is 1. The fourth-order valence-electron chi connectivity index (χ4n) is 3.14. The van der Waals surface area contributed by atoms with Crippen LogP contribution in [-0.2, 0) is 19.4 Å². The van der Waals surface area contributed by atoms with E-state index in [1.807, 2.05) is 48.5 Å². The van der Waals surface area contributed by atoms with Gasteiger partial charge in [-0.25, -0.2) is 0 Å². The molecule has 1 heterocycles. The Morgan fingerprint density at radius 1 is 1.03 bits per heavy atom. The largest absolute Gasteiger partial charge is 0.493 e. The standard InChI is InChI=1S/C25H27NO5/c1-4-7-19-8-5-6-9-21(19)30-17-20-11-13-23(31-20)25(27)26-15-14-18-10-12-22(28-2)24(16-18)29-3/h4-6,8-13,16H,1,7,14-15,17H2,2-3H3,(H,26,27).